The largest absolute Gasteiger partial charge is 0.362 e. The predicted octanol–water partition coefficient (Wildman–Crippen LogP) is 2.58. The van der Waals surface area contributed by atoms with Crippen LogP contribution in [0.5, 0.6) is 0 Å². The zero-order valence-corrected chi connectivity index (χ0v) is 13.1. The Bertz CT molecular complexity index is 342. The number of thioether (sulfide) groups is 1. The molecule has 1 saturated carbocycles. The molecule has 0 spiro atoms. The minimum atomic E-state index is 0.694. The number of nitrogens with zero attached hydrogens (tertiary/aromatic N) is 2. The number of aliphatic imine (C=N–C) groups is 1. The van der Waals surface area contributed by atoms with Crippen molar-refractivity contribution in [2.24, 2.45) is 16.8 Å². The molecule has 0 radical (unpaired) electrons. The number of rotatable bonds is 3. The normalized spacial score (nSPS) is 37.8. The van der Waals surface area contributed by atoms with Gasteiger partial charge in [-0.3, -0.25) is 4.99 Å². The SMILES string of the molecule is CC(C)N1CCC(CN=C2NC3CCCC3CS2)C1. The van der Waals surface area contributed by atoms with Crippen LogP contribution in [0.25, 0.3) is 0 Å². The zero-order chi connectivity index (χ0) is 13.2. The van der Waals surface area contributed by atoms with Gasteiger partial charge in [-0.15, -0.1) is 0 Å². The molecule has 0 amide bonds. The Hall–Kier alpha value is -0.220. The Morgan fingerprint density at radius 3 is 3.05 bits per heavy atom. The molecule has 2 heterocycles. The van der Waals surface area contributed by atoms with Gasteiger partial charge in [0, 0.05) is 30.9 Å². The maximum absolute atomic E-state index is 4.86. The number of likely N-dealkylation sites (tertiary alicyclic amines) is 1. The summed E-state index contributed by atoms with van der Waals surface area (Å²) in [6, 6.07) is 1.43. The van der Waals surface area contributed by atoms with Gasteiger partial charge in [0.25, 0.3) is 0 Å². The van der Waals surface area contributed by atoms with E-state index in [-0.39, 0.29) is 0 Å². The van der Waals surface area contributed by atoms with Crippen molar-refractivity contribution in [3.8, 4) is 0 Å². The molecule has 2 aliphatic heterocycles. The number of hydrogen-bond acceptors (Lipinski definition) is 3. The van der Waals surface area contributed by atoms with Crippen LogP contribution in [0.3, 0.4) is 0 Å². The van der Waals surface area contributed by atoms with Gasteiger partial charge in [-0.05, 0) is 51.5 Å². The highest BCUT2D eigenvalue weighted by Gasteiger charge is 2.32. The molecular weight excluding hydrogens is 254 g/mol. The molecule has 0 bridgehead atoms. The van der Waals surface area contributed by atoms with Gasteiger partial charge in [0.15, 0.2) is 5.17 Å². The van der Waals surface area contributed by atoms with Crippen LogP contribution in [-0.4, -0.2) is 47.5 Å². The van der Waals surface area contributed by atoms with E-state index in [1.807, 2.05) is 11.8 Å². The molecule has 1 N–H and O–H groups in total. The number of fused-ring (bicyclic) bond motifs is 1. The minimum absolute atomic E-state index is 0.694. The van der Waals surface area contributed by atoms with E-state index in [9.17, 15) is 0 Å². The summed E-state index contributed by atoms with van der Waals surface area (Å²) in [6.07, 6.45) is 5.51. The van der Waals surface area contributed by atoms with Gasteiger partial charge in [-0.2, -0.15) is 0 Å². The highest BCUT2D eigenvalue weighted by Crippen LogP contribution is 2.33. The first-order chi connectivity index (χ1) is 9.22. The Kier molecular flexibility index (Phi) is 4.37. The fourth-order valence-electron chi connectivity index (χ4n) is 3.60. The molecule has 3 aliphatic rings. The van der Waals surface area contributed by atoms with Crippen molar-refractivity contribution in [1.82, 2.24) is 10.2 Å². The fourth-order valence-corrected chi connectivity index (χ4v) is 4.77. The van der Waals surface area contributed by atoms with E-state index in [2.05, 4.69) is 24.1 Å². The van der Waals surface area contributed by atoms with Crippen LogP contribution in [0.1, 0.15) is 39.5 Å². The van der Waals surface area contributed by atoms with E-state index in [0.717, 1.165) is 24.4 Å². The van der Waals surface area contributed by atoms with E-state index in [1.54, 1.807) is 0 Å². The summed E-state index contributed by atoms with van der Waals surface area (Å²) in [5.41, 5.74) is 0. The van der Waals surface area contributed by atoms with Crippen LogP contribution in [0.15, 0.2) is 4.99 Å². The average molecular weight is 281 g/mol. The lowest BCUT2D eigenvalue weighted by Gasteiger charge is -2.28. The molecule has 3 unspecified atom stereocenters. The number of hydrogen-bond donors (Lipinski definition) is 1. The summed E-state index contributed by atoms with van der Waals surface area (Å²) in [7, 11) is 0. The third kappa shape index (κ3) is 3.27. The first-order valence-corrected chi connectivity index (χ1v) is 8.89. The summed E-state index contributed by atoms with van der Waals surface area (Å²) in [4.78, 5) is 7.44. The molecule has 3 atom stereocenters. The Balaban J connectivity index is 1.47. The third-order valence-corrected chi connectivity index (χ3v) is 6.06. The molecule has 108 valence electrons. The van der Waals surface area contributed by atoms with Crippen molar-refractivity contribution in [3.63, 3.8) is 0 Å². The van der Waals surface area contributed by atoms with Gasteiger partial charge >= 0.3 is 0 Å². The van der Waals surface area contributed by atoms with Gasteiger partial charge < -0.3 is 10.2 Å². The van der Waals surface area contributed by atoms with Crippen molar-refractivity contribution in [1.29, 1.82) is 0 Å². The lowest BCUT2D eigenvalue weighted by atomic mass is 10.1. The number of amidine groups is 1. The van der Waals surface area contributed by atoms with Crippen molar-refractivity contribution >= 4 is 16.9 Å². The second kappa shape index (κ2) is 6.04. The van der Waals surface area contributed by atoms with Gasteiger partial charge in [0.05, 0.1) is 0 Å². The number of nitrogens with one attached hydrogen (secondary N) is 1. The minimum Gasteiger partial charge on any atom is -0.362 e. The molecule has 19 heavy (non-hydrogen) atoms. The van der Waals surface area contributed by atoms with Crippen LogP contribution in [0.2, 0.25) is 0 Å². The van der Waals surface area contributed by atoms with Crippen molar-refractivity contribution in [3.05, 3.63) is 0 Å². The zero-order valence-electron chi connectivity index (χ0n) is 12.3. The monoisotopic (exact) mass is 281 g/mol. The molecule has 0 aromatic carbocycles. The molecule has 3 rings (SSSR count). The van der Waals surface area contributed by atoms with Gasteiger partial charge in [-0.1, -0.05) is 18.2 Å². The van der Waals surface area contributed by atoms with E-state index in [4.69, 9.17) is 4.99 Å². The van der Waals surface area contributed by atoms with Crippen LogP contribution in [0.4, 0.5) is 0 Å². The fraction of sp³-hybridized carbons (Fsp3) is 0.933. The Morgan fingerprint density at radius 1 is 1.37 bits per heavy atom. The molecule has 0 aromatic rings. The Labute approximate surface area is 121 Å². The maximum atomic E-state index is 4.86. The molecule has 0 aromatic heterocycles. The second-order valence-corrected chi connectivity index (χ2v) is 7.65. The highest BCUT2D eigenvalue weighted by molar-refractivity contribution is 8.13. The summed E-state index contributed by atoms with van der Waals surface area (Å²) in [6.45, 7) is 8.12. The van der Waals surface area contributed by atoms with E-state index < -0.39 is 0 Å². The summed E-state index contributed by atoms with van der Waals surface area (Å²) < 4.78 is 0. The van der Waals surface area contributed by atoms with Gasteiger partial charge in [0.1, 0.15) is 0 Å². The molecule has 3 nitrogen and oxygen atoms in total. The van der Waals surface area contributed by atoms with Crippen molar-refractivity contribution in [2.45, 2.75) is 51.6 Å². The lowest BCUT2D eigenvalue weighted by Crippen LogP contribution is -2.41. The maximum Gasteiger partial charge on any atom is 0.156 e. The third-order valence-electron chi connectivity index (χ3n) is 4.94. The van der Waals surface area contributed by atoms with E-state index in [0.29, 0.717) is 6.04 Å². The molecule has 1 aliphatic carbocycles. The lowest BCUT2D eigenvalue weighted by molar-refractivity contribution is 0.266. The summed E-state index contributed by atoms with van der Waals surface area (Å²) in [5, 5.41) is 4.90. The van der Waals surface area contributed by atoms with Crippen LogP contribution < -0.4 is 5.32 Å². The van der Waals surface area contributed by atoms with E-state index in [1.165, 1.54) is 49.7 Å². The smallest absolute Gasteiger partial charge is 0.156 e. The van der Waals surface area contributed by atoms with Crippen LogP contribution in [-0.2, 0) is 0 Å². The topological polar surface area (TPSA) is 27.6 Å². The van der Waals surface area contributed by atoms with E-state index >= 15 is 0 Å². The average Bonchev–Trinajstić information content (AvgIpc) is 3.04. The van der Waals surface area contributed by atoms with Crippen molar-refractivity contribution < 1.29 is 0 Å². The van der Waals surface area contributed by atoms with Gasteiger partial charge in [-0.25, -0.2) is 0 Å². The van der Waals surface area contributed by atoms with Gasteiger partial charge in [0.2, 0.25) is 0 Å². The first kappa shape index (κ1) is 13.7. The predicted molar refractivity (Wildman–Crippen MR) is 83.8 cm³/mol. The summed E-state index contributed by atoms with van der Waals surface area (Å²) >= 11 is 1.96. The molecule has 2 saturated heterocycles. The standard InChI is InChI=1S/C15H27N3S/c1-11(2)18-7-6-12(9-18)8-16-15-17-14-5-3-4-13(14)10-19-15/h11-14H,3-10H2,1-2H3,(H,16,17). The first-order valence-electron chi connectivity index (χ1n) is 7.90. The molecule has 4 heteroatoms. The van der Waals surface area contributed by atoms with Crippen LogP contribution in [0, 0.1) is 11.8 Å². The molecular formula is C15H27N3S. The highest BCUT2D eigenvalue weighted by atomic mass is 32.2. The quantitative estimate of drug-likeness (QED) is 0.861. The molecule has 3 fully saturated rings. The summed E-state index contributed by atoms with van der Waals surface area (Å²) in [5.74, 6) is 2.98. The Morgan fingerprint density at radius 2 is 2.26 bits per heavy atom. The van der Waals surface area contributed by atoms with Crippen molar-refractivity contribution in [2.75, 3.05) is 25.4 Å². The second-order valence-electron chi connectivity index (χ2n) is 6.64. The van der Waals surface area contributed by atoms with Crippen LogP contribution >= 0.6 is 11.8 Å².